The third-order valence-electron chi connectivity index (χ3n) is 6.11. The minimum absolute atomic E-state index is 0.0152. The lowest BCUT2D eigenvalue weighted by Crippen LogP contribution is -2.44. The highest BCUT2D eigenvalue weighted by Crippen LogP contribution is 2.14. The van der Waals surface area contributed by atoms with Crippen LogP contribution in [-0.4, -0.2) is 153 Å². The van der Waals surface area contributed by atoms with Crippen molar-refractivity contribution in [2.45, 2.75) is 46.1 Å². The van der Waals surface area contributed by atoms with Gasteiger partial charge in [0.1, 0.15) is 25.7 Å². The van der Waals surface area contributed by atoms with E-state index >= 15 is 0 Å². The van der Waals surface area contributed by atoms with E-state index in [0.29, 0.717) is 19.8 Å². The van der Waals surface area contributed by atoms with Gasteiger partial charge in [-0.1, -0.05) is 20.8 Å². The average molecular weight is 606 g/mol. The van der Waals surface area contributed by atoms with Gasteiger partial charge in [-0.25, -0.2) is 4.79 Å². The number of hydrogen-bond acceptors (Lipinski definition) is 10. The Morgan fingerprint density at radius 2 is 1.14 bits per heavy atom. The number of aliphatic carboxylic acids is 2. The molecule has 0 saturated heterocycles. The summed E-state index contributed by atoms with van der Waals surface area (Å²) in [7, 11) is 4.34. The smallest absolute Gasteiger partial charge is 0.326 e. The SMILES string of the molecule is CN(CCOCCOCC(=O)N(C)CCOCCOCC(=O)C(C)(C)C)C(=O)CCC(C(=O)O)N(C)C(=O)CC(=O)O. The second kappa shape index (κ2) is 20.7. The van der Waals surface area contributed by atoms with E-state index in [0.717, 1.165) is 4.90 Å². The predicted octanol–water partition coefficient (Wildman–Crippen LogP) is -0.249. The number of amides is 3. The van der Waals surface area contributed by atoms with Crippen LogP contribution < -0.4 is 0 Å². The lowest BCUT2D eigenvalue weighted by Gasteiger charge is -2.25. The summed E-state index contributed by atoms with van der Waals surface area (Å²) in [5.74, 6) is -4.14. The number of ketones is 1. The zero-order valence-electron chi connectivity index (χ0n) is 25.6. The number of hydrogen-bond donors (Lipinski definition) is 2. The van der Waals surface area contributed by atoms with Gasteiger partial charge in [-0.3, -0.25) is 24.0 Å². The third kappa shape index (κ3) is 17.6. The van der Waals surface area contributed by atoms with Crippen LogP contribution in [0, 0.1) is 5.41 Å². The van der Waals surface area contributed by atoms with Crippen molar-refractivity contribution in [2.24, 2.45) is 5.41 Å². The molecule has 0 aromatic carbocycles. The van der Waals surface area contributed by atoms with Crippen molar-refractivity contribution >= 4 is 35.4 Å². The number of carboxylic acid groups (broad SMARTS) is 2. The monoisotopic (exact) mass is 605 g/mol. The minimum Gasteiger partial charge on any atom is -0.481 e. The fourth-order valence-corrected chi connectivity index (χ4v) is 3.10. The third-order valence-corrected chi connectivity index (χ3v) is 6.11. The van der Waals surface area contributed by atoms with Gasteiger partial charge >= 0.3 is 11.9 Å². The molecule has 0 aliphatic carbocycles. The first-order valence-electron chi connectivity index (χ1n) is 13.6. The van der Waals surface area contributed by atoms with Gasteiger partial charge in [0.05, 0.1) is 39.6 Å². The molecule has 0 aliphatic rings. The van der Waals surface area contributed by atoms with Crippen LogP contribution in [0.4, 0.5) is 0 Å². The van der Waals surface area contributed by atoms with Crippen molar-refractivity contribution in [3.63, 3.8) is 0 Å². The molecule has 0 aromatic rings. The Labute approximate surface area is 247 Å². The molecule has 0 bridgehead atoms. The van der Waals surface area contributed by atoms with E-state index in [1.54, 1.807) is 7.05 Å². The number of carboxylic acids is 2. The van der Waals surface area contributed by atoms with Crippen LogP contribution in [0.3, 0.4) is 0 Å². The minimum atomic E-state index is -1.37. The summed E-state index contributed by atoms with van der Waals surface area (Å²) in [6, 6.07) is -1.33. The first-order chi connectivity index (χ1) is 19.6. The van der Waals surface area contributed by atoms with Gasteiger partial charge in [-0.15, -0.1) is 0 Å². The quantitative estimate of drug-likeness (QED) is 0.115. The van der Waals surface area contributed by atoms with Crippen molar-refractivity contribution < 1.29 is 57.9 Å². The summed E-state index contributed by atoms with van der Waals surface area (Å²) < 4.78 is 21.4. The van der Waals surface area contributed by atoms with E-state index in [1.165, 1.54) is 23.9 Å². The topological polar surface area (TPSA) is 190 Å². The zero-order chi connectivity index (χ0) is 32.3. The van der Waals surface area contributed by atoms with Gasteiger partial charge in [0.25, 0.3) is 0 Å². The highest BCUT2D eigenvalue weighted by Gasteiger charge is 2.28. The lowest BCUT2D eigenvalue weighted by atomic mass is 9.91. The summed E-state index contributed by atoms with van der Waals surface area (Å²) in [4.78, 5) is 73.9. The molecule has 0 heterocycles. The zero-order valence-corrected chi connectivity index (χ0v) is 25.6. The fraction of sp³-hybridized carbons (Fsp3) is 0.778. The van der Waals surface area contributed by atoms with Crippen molar-refractivity contribution in [3.05, 3.63) is 0 Å². The van der Waals surface area contributed by atoms with Crippen molar-refractivity contribution in [2.75, 3.05) is 87.1 Å². The van der Waals surface area contributed by atoms with Gasteiger partial charge in [0, 0.05) is 46.1 Å². The van der Waals surface area contributed by atoms with E-state index < -0.39 is 35.7 Å². The van der Waals surface area contributed by atoms with Crippen LogP contribution in [0.5, 0.6) is 0 Å². The number of ether oxygens (including phenoxy) is 4. The molecule has 15 nitrogen and oxygen atoms in total. The Bertz CT molecular complexity index is 890. The molecule has 3 amide bonds. The molecular formula is C27H47N3O12. The maximum atomic E-state index is 12.3. The highest BCUT2D eigenvalue weighted by atomic mass is 16.5. The normalized spacial score (nSPS) is 12.0. The maximum Gasteiger partial charge on any atom is 0.326 e. The van der Waals surface area contributed by atoms with Gasteiger partial charge in [0.2, 0.25) is 17.7 Å². The predicted molar refractivity (Wildman–Crippen MR) is 149 cm³/mol. The fourth-order valence-electron chi connectivity index (χ4n) is 3.10. The molecule has 1 atom stereocenters. The number of rotatable bonds is 23. The van der Waals surface area contributed by atoms with Crippen LogP contribution in [-0.2, 0) is 47.7 Å². The van der Waals surface area contributed by atoms with Crippen LogP contribution in [0.2, 0.25) is 0 Å². The van der Waals surface area contributed by atoms with Gasteiger partial charge in [-0.05, 0) is 6.42 Å². The molecular weight excluding hydrogens is 558 g/mol. The molecule has 0 saturated carbocycles. The lowest BCUT2D eigenvalue weighted by molar-refractivity contribution is -0.153. The number of nitrogens with zero attached hydrogens (tertiary/aromatic N) is 3. The van der Waals surface area contributed by atoms with Crippen molar-refractivity contribution in [1.29, 1.82) is 0 Å². The first-order valence-corrected chi connectivity index (χ1v) is 13.6. The molecule has 0 aromatic heterocycles. The Kier molecular flexibility index (Phi) is 19.1. The molecule has 2 N–H and O–H groups in total. The molecule has 0 aliphatic heterocycles. The molecule has 0 radical (unpaired) electrons. The maximum absolute atomic E-state index is 12.3. The summed E-state index contributed by atoms with van der Waals surface area (Å²) in [6.07, 6.45) is -1.17. The van der Waals surface area contributed by atoms with Gasteiger partial charge in [-0.2, -0.15) is 0 Å². The van der Waals surface area contributed by atoms with E-state index in [9.17, 15) is 33.9 Å². The number of Topliss-reactive ketones (excluding diaryl/α,β-unsaturated/α-hetero) is 1. The van der Waals surface area contributed by atoms with E-state index in [-0.39, 0.29) is 76.6 Å². The van der Waals surface area contributed by atoms with Crippen LogP contribution in [0.25, 0.3) is 0 Å². The second-order valence-electron chi connectivity index (χ2n) is 10.6. The van der Waals surface area contributed by atoms with E-state index in [2.05, 4.69) is 0 Å². The Morgan fingerprint density at radius 3 is 1.62 bits per heavy atom. The van der Waals surface area contributed by atoms with Gasteiger partial charge < -0.3 is 43.9 Å². The summed E-state index contributed by atoms with van der Waals surface area (Å²) in [6.45, 7) is 7.43. The summed E-state index contributed by atoms with van der Waals surface area (Å²) in [5.41, 5.74) is -0.442. The number of likely N-dealkylation sites (N-methyl/N-ethyl adjacent to an activating group) is 3. The standard InChI is InChI=1S/C27H47N3O12/c1-27(2,3)21(31)18-41-15-13-40-12-10-29(5)24(34)19-42-16-14-39-11-9-28(4)22(32)8-7-20(26(37)38)30(6)23(33)17-25(35)36/h20H,7-19H2,1-6H3,(H,35,36)(H,37,38). The molecule has 42 heavy (non-hydrogen) atoms. The Morgan fingerprint density at radius 1 is 0.667 bits per heavy atom. The molecule has 0 fully saturated rings. The molecule has 0 spiro atoms. The van der Waals surface area contributed by atoms with Crippen molar-refractivity contribution in [3.8, 4) is 0 Å². The largest absolute Gasteiger partial charge is 0.481 e. The first kappa shape index (κ1) is 38.9. The highest BCUT2D eigenvalue weighted by molar-refractivity contribution is 5.95. The van der Waals surface area contributed by atoms with Crippen LogP contribution in [0.1, 0.15) is 40.0 Å². The number of carbonyl (C=O) groups excluding carboxylic acids is 4. The average Bonchev–Trinajstić information content (AvgIpc) is 2.89. The molecule has 242 valence electrons. The van der Waals surface area contributed by atoms with Gasteiger partial charge in [0.15, 0.2) is 5.78 Å². The molecule has 1 unspecified atom stereocenters. The molecule has 0 rings (SSSR count). The molecule has 15 heteroatoms. The van der Waals surface area contributed by atoms with Crippen molar-refractivity contribution in [1.82, 2.24) is 14.7 Å². The second-order valence-corrected chi connectivity index (χ2v) is 10.6. The van der Waals surface area contributed by atoms with Crippen LogP contribution in [0.15, 0.2) is 0 Å². The summed E-state index contributed by atoms with van der Waals surface area (Å²) >= 11 is 0. The Hall–Kier alpha value is -3.14. The van der Waals surface area contributed by atoms with E-state index in [4.69, 9.17) is 24.1 Å². The Balaban J connectivity index is 3.99. The summed E-state index contributed by atoms with van der Waals surface area (Å²) in [5, 5.41) is 18.1. The number of carbonyl (C=O) groups is 6. The van der Waals surface area contributed by atoms with E-state index in [1.807, 2.05) is 20.8 Å². The van der Waals surface area contributed by atoms with Crippen LogP contribution >= 0.6 is 0 Å².